The molecule has 3 aromatic carbocycles. The van der Waals surface area contributed by atoms with Crippen LogP contribution in [0.5, 0.6) is 5.75 Å². The number of thiazole rings is 1. The van der Waals surface area contributed by atoms with Crippen LogP contribution in [0.25, 0.3) is 10.2 Å². The molecule has 4 rings (SSSR count). The van der Waals surface area contributed by atoms with E-state index in [1.54, 1.807) is 12.0 Å². The molecule has 4 aromatic rings. The Morgan fingerprint density at radius 3 is 2.35 bits per heavy atom. The Morgan fingerprint density at radius 1 is 1.00 bits per heavy atom. The van der Waals surface area contributed by atoms with E-state index in [0.29, 0.717) is 17.2 Å². The van der Waals surface area contributed by atoms with Crippen molar-refractivity contribution < 1.29 is 9.53 Å². The van der Waals surface area contributed by atoms with Gasteiger partial charge in [-0.15, -0.1) is 0 Å². The van der Waals surface area contributed by atoms with Gasteiger partial charge in [-0.3, -0.25) is 9.69 Å². The molecule has 1 aromatic heterocycles. The van der Waals surface area contributed by atoms with Crippen molar-refractivity contribution in [1.29, 1.82) is 0 Å². The zero-order valence-corrected chi connectivity index (χ0v) is 19.1. The number of carbonyl (C=O) groups is 1. The molecule has 0 N–H and O–H groups in total. The molecule has 4 nitrogen and oxygen atoms in total. The van der Waals surface area contributed by atoms with Crippen molar-refractivity contribution in [1.82, 2.24) is 4.98 Å². The lowest BCUT2D eigenvalue weighted by Gasteiger charge is -2.22. The number of rotatable bonds is 5. The maximum absolute atomic E-state index is 13.6. The van der Waals surface area contributed by atoms with E-state index in [1.165, 1.54) is 16.9 Å². The monoisotopic (exact) mass is 430 g/mol. The van der Waals surface area contributed by atoms with E-state index in [2.05, 4.69) is 20.8 Å². The number of benzene rings is 3. The third-order valence-electron chi connectivity index (χ3n) is 5.24. The Kier molecular flexibility index (Phi) is 5.79. The maximum Gasteiger partial charge on any atom is 0.260 e. The quantitative estimate of drug-likeness (QED) is 0.365. The third-order valence-corrected chi connectivity index (χ3v) is 6.28. The number of aromatic nitrogens is 1. The molecule has 0 saturated heterocycles. The molecule has 31 heavy (non-hydrogen) atoms. The molecule has 0 radical (unpaired) electrons. The van der Waals surface area contributed by atoms with Crippen molar-refractivity contribution in [2.75, 3.05) is 12.0 Å². The predicted octanol–water partition coefficient (Wildman–Crippen LogP) is 6.45. The van der Waals surface area contributed by atoms with Crippen LogP contribution < -0.4 is 9.64 Å². The summed E-state index contributed by atoms with van der Waals surface area (Å²) in [5, 5.41) is 0.678. The van der Waals surface area contributed by atoms with Crippen molar-refractivity contribution in [3.05, 3.63) is 89.5 Å². The van der Waals surface area contributed by atoms with Gasteiger partial charge < -0.3 is 4.74 Å². The molecule has 0 aliphatic carbocycles. The number of ether oxygens (including phenoxy) is 1. The third kappa shape index (κ3) is 4.62. The molecule has 0 atom stereocenters. The first kappa shape index (κ1) is 21.1. The summed E-state index contributed by atoms with van der Waals surface area (Å²) in [5.41, 5.74) is 3.80. The SMILES string of the molecule is COc1ccc2nc(N(Cc3ccccc3)C(=O)c3ccc(C(C)(C)C)cc3)sc2c1. The smallest absolute Gasteiger partial charge is 0.260 e. The molecule has 0 bridgehead atoms. The summed E-state index contributed by atoms with van der Waals surface area (Å²) in [6, 6.07) is 23.7. The number of hydrogen-bond donors (Lipinski definition) is 0. The summed E-state index contributed by atoms with van der Waals surface area (Å²) in [5.74, 6) is 0.719. The van der Waals surface area contributed by atoms with E-state index >= 15 is 0 Å². The average molecular weight is 431 g/mol. The number of carbonyl (C=O) groups excluding carboxylic acids is 1. The molecule has 0 saturated carbocycles. The molecule has 158 valence electrons. The van der Waals surface area contributed by atoms with E-state index in [9.17, 15) is 4.79 Å². The highest BCUT2D eigenvalue weighted by Crippen LogP contribution is 2.33. The van der Waals surface area contributed by atoms with Gasteiger partial charge in [-0.1, -0.05) is 74.6 Å². The lowest BCUT2D eigenvalue weighted by molar-refractivity contribution is 0.0985. The Hall–Kier alpha value is -3.18. The number of fused-ring (bicyclic) bond motifs is 1. The van der Waals surface area contributed by atoms with E-state index in [0.717, 1.165) is 21.5 Å². The van der Waals surface area contributed by atoms with Crippen molar-refractivity contribution in [3.8, 4) is 5.75 Å². The maximum atomic E-state index is 13.6. The highest BCUT2D eigenvalue weighted by Gasteiger charge is 2.23. The molecule has 1 heterocycles. The fourth-order valence-electron chi connectivity index (χ4n) is 3.40. The van der Waals surface area contributed by atoms with E-state index in [-0.39, 0.29) is 11.3 Å². The van der Waals surface area contributed by atoms with Crippen LogP contribution in [-0.2, 0) is 12.0 Å². The van der Waals surface area contributed by atoms with Crippen LogP contribution in [-0.4, -0.2) is 18.0 Å². The zero-order chi connectivity index (χ0) is 22.0. The number of amides is 1. The molecule has 1 amide bonds. The van der Waals surface area contributed by atoms with Gasteiger partial charge in [0.15, 0.2) is 5.13 Å². The lowest BCUT2D eigenvalue weighted by atomic mass is 9.86. The average Bonchev–Trinajstić information content (AvgIpc) is 3.20. The minimum atomic E-state index is -0.0599. The largest absolute Gasteiger partial charge is 0.497 e. The van der Waals surface area contributed by atoms with Gasteiger partial charge in [0.1, 0.15) is 5.75 Å². The van der Waals surface area contributed by atoms with Crippen LogP contribution >= 0.6 is 11.3 Å². The normalized spacial score (nSPS) is 11.5. The Bertz CT molecular complexity index is 1190. The predicted molar refractivity (Wildman–Crippen MR) is 128 cm³/mol. The van der Waals surface area contributed by atoms with Crippen LogP contribution in [0.1, 0.15) is 42.3 Å². The van der Waals surface area contributed by atoms with Gasteiger partial charge in [0.05, 0.1) is 23.9 Å². The highest BCUT2D eigenvalue weighted by atomic mass is 32.1. The topological polar surface area (TPSA) is 42.4 Å². The van der Waals surface area contributed by atoms with Crippen LogP contribution in [0.3, 0.4) is 0 Å². The molecule has 0 fully saturated rings. The summed E-state index contributed by atoms with van der Waals surface area (Å²) in [7, 11) is 1.65. The van der Waals surface area contributed by atoms with Gasteiger partial charge in [-0.05, 0) is 46.9 Å². The van der Waals surface area contributed by atoms with Gasteiger partial charge >= 0.3 is 0 Å². The van der Waals surface area contributed by atoms with Crippen LogP contribution in [0.4, 0.5) is 5.13 Å². The van der Waals surface area contributed by atoms with Gasteiger partial charge in [-0.25, -0.2) is 4.98 Å². The molecular formula is C26H26N2O2S. The highest BCUT2D eigenvalue weighted by molar-refractivity contribution is 7.22. The first-order valence-corrected chi connectivity index (χ1v) is 11.1. The minimum absolute atomic E-state index is 0.0391. The fourth-order valence-corrected chi connectivity index (χ4v) is 4.39. The van der Waals surface area contributed by atoms with Crippen molar-refractivity contribution in [2.24, 2.45) is 0 Å². The summed E-state index contributed by atoms with van der Waals surface area (Å²) in [4.78, 5) is 20.1. The van der Waals surface area contributed by atoms with Crippen molar-refractivity contribution in [3.63, 3.8) is 0 Å². The molecule has 0 spiro atoms. The second-order valence-electron chi connectivity index (χ2n) is 8.53. The zero-order valence-electron chi connectivity index (χ0n) is 18.3. The second kappa shape index (κ2) is 8.52. The van der Waals surface area contributed by atoms with Crippen LogP contribution in [0.2, 0.25) is 0 Å². The van der Waals surface area contributed by atoms with Gasteiger partial charge in [0.2, 0.25) is 0 Å². The Labute approximate surface area is 187 Å². The number of methoxy groups -OCH3 is 1. The molecule has 0 unspecified atom stereocenters. The first-order chi connectivity index (χ1) is 14.8. The Morgan fingerprint density at radius 2 is 1.71 bits per heavy atom. The van der Waals surface area contributed by atoms with E-state index in [1.807, 2.05) is 72.8 Å². The van der Waals surface area contributed by atoms with Crippen LogP contribution in [0, 0.1) is 0 Å². The minimum Gasteiger partial charge on any atom is -0.497 e. The summed E-state index contributed by atoms with van der Waals surface area (Å²) in [6.45, 7) is 6.96. The van der Waals surface area contributed by atoms with Crippen molar-refractivity contribution >= 4 is 32.6 Å². The summed E-state index contributed by atoms with van der Waals surface area (Å²) >= 11 is 1.50. The standard InChI is InChI=1S/C26H26N2O2S/c1-26(2,3)20-12-10-19(11-13-20)24(29)28(17-18-8-6-5-7-9-18)25-27-22-15-14-21(30-4)16-23(22)31-25/h5-16H,17H2,1-4H3. The number of nitrogens with zero attached hydrogens (tertiary/aromatic N) is 2. The summed E-state index contributed by atoms with van der Waals surface area (Å²) in [6.07, 6.45) is 0. The van der Waals surface area contributed by atoms with Gasteiger partial charge in [0.25, 0.3) is 5.91 Å². The molecule has 0 aliphatic rings. The van der Waals surface area contributed by atoms with Gasteiger partial charge in [0, 0.05) is 5.56 Å². The fraction of sp³-hybridized carbons (Fsp3) is 0.231. The summed E-state index contributed by atoms with van der Waals surface area (Å²) < 4.78 is 6.33. The van der Waals surface area contributed by atoms with E-state index < -0.39 is 0 Å². The van der Waals surface area contributed by atoms with Gasteiger partial charge in [-0.2, -0.15) is 0 Å². The molecular weight excluding hydrogens is 404 g/mol. The Balaban J connectivity index is 1.73. The van der Waals surface area contributed by atoms with E-state index in [4.69, 9.17) is 9.72 Å². The number of anilines is 1. The molecule has 5 heteroatoms. The molecule has 0 aliphatic heterocycles. The van der Waals surface area contributed by atoms with Crippen molar-refractivity contribution in [2.45, 2.75) is 32.7 Å². The lowest BCUT2D eigenvalue weighted by Crippen LogP contribution is -2.30. The van der Waals surface area contributed by atoms with Crippen LogP contribution in [0.15, 0.2) is 72.8 Å². The first-order valence-electron chi connectivity index (χ1n) is 10.3. The second-order valence-corrected chi connectivity index (χ2v) is 9.54. The number of hydrogen-bond acceptors (Lipinski definition) is 4.